The van der Waals surface area contributed by atoms with Crippen LogP contribution in [-0.4, -0.2) is 46.5 Å². The largest absolute Gasteiger partial charge is 0.345 e. The molecular formula is C26H24N4O2S. The summed E-state index contributed by atoms with van der Waals surface area (Å²) < 4.78 is 0. The van der Waals surface area contributed by atoms with E-state index in [9.17, 15) is 9.59 Å². The van der Waals surface area contributed by atoms with Crippen molar-refractivity contribution in [2.45, 2.75) is 5.16 Å². The molecule has 4 rings (SSSR count). The molecule has 0 spiro atoms. The van der Waals surface area contributed by atoms with E-state index in [0.717, 1.165) is 22.5 Å². The lowest BCUT2D eigenvalue weighted by molar-refractivity contribution is -0.113. The van der Waals surface area contributed by atoms with E-state index >= 15 is 0 Å². The minimum atomic E-state index is -0.173. The molecule has 0 aliphatic heterocycles. The van der Waals surface area contributed by atoms with Crippen molar-refractivity contribution in [2.75, 3.05) is 25.2 Å². The molecule has 0 unspecified atom stereocenters. The Morgan fingerprint density at radius 2 is 1.58 bits per heavy atom. The van der Waals surface area contributed by atoms with Crippen molar-refractivity contribution in [1.29, 1.82) is 0 Å². The van der Waals surface area contributed by atoms with Gasteiger partial charge < -0.3 is 15.2 Å². The summed E-state index contributed by atoms with van der Waals surface area (Å²) in [6.07, 6.45) is 0. The van der Waals surface area contributed by atoms with Crippen LogP contribution in [0.3, 0.4) is 0 Å². The summed E-state index contributed by atoms with van der Waals surface area (Å²) in [6.45, 7) is 0. The molecule has 0 radical (unpaired) electrons. The number of thioether (sulfide) groups is 1. The number of carbonyl (C=O) groups excluding carboxylic acids is 2. The molecule has 3 aromatic carbocycles. The zero-order valence-electron chi connectivity index (χ0n) is 18.4. The monoisotopic (exact) mass is 456 g/mol. The lowest BCUT2D eigenvalue weighted by Crippen LogP contribution is -2.22. The molecule has 0 atom stereocenters. The zero-order chi connectivity index (χ0) is 23.2. The van der Waals surface area contributed by atoms with Gasteiger partial charge >= 0.3 is 0 Å². The molecule has 0 saturated heterocycles. The molecule has 2 amide bonds. The van der Waals surface area contributed by atoms with Crippen LogP contribution in [0, 0.1) is 0 Å². The van der Waals surface area contributed by atoms with Crippen LogP contribution in [0.15, 0.2) is 90.1 Å². The predicted molar refractivity (Wildman–Crippen MR) is 133 cm³/mol. The van der Waals surface area contributed by atoms with Gasteiger partial charge in [0.2, 0.25) is 5.91 Å². The number of imidazole rings is 1. The van der Waals surface area contributed by atoms with E-state index in [4.69, 9.17) is 4.98 Å². The third-order valence-corrected chi connectivity index (χ3v) is 5.80. The molecule has 6 nitrogen and oxygen atoms in total. The number of rotatable bonds is 7. The first-order valence-corrected chi connectivity index (χ1v) is 11.4. The van der Waals surface area contributed by atoms with E-state index in [2.05, 4.69) is 10.3 Å². The maximum Gasteiger partial charge on any atom is 0.253 e. The Kier molecular flexibility index (Phi) is 6.90. The van der Waals surface area contributed by atoms with E-state index in [1.54, 1.807) is 38.4 Å². The Bertz CT molecular complexity index is 1200. The maximum atomic E-state index is 12.6. The minimum absolute atomic E-state index is 0.113. The van der Waals surface area contributed by atoms with Crippen molar-refractivity contribution in [2.24, 2.45) is 0 Å². The highest BCUT2D eigenvalue weighted by molar-refractivity contribution is 7.99. The van der Waals surface area contributed by atoms with Gasteiger partial charge in [-0.1, -0.05) is 78.5 Å². The van der Waals surface area contributed by atoms with Crippen molar-refractivity contribution in [3.8, 4) is 22.5 Å². The standard InChI is InChI=1S/C26H24N4O2S/c1-30(2)25(32)20-14-9-15-21(16-20)27-22(31)17-33-26-28-23(18-10-5-3-6-11-18)24(29-26)19-12-7-4-8-13-19/h3-16H,17H2,1-2H3,(H,27,31)(H,28,29). The zero-order valence-corrected chi connectivity index (χ0v) is 19.2. The molecule has 1 aromatic heterocycles. The number of nitrogens with one attached hydrogen (secondary N) is 2. The molecule has 0 saturated carbocycles. The van der Waals surface area contributed by atoms with E-state index in [1.165, 1.54) is 16.7 Å². The SMILES string of the molecule is CN(C)C(=O)c1cccc(NC(=O)CSc2nc(-c3ccccc3)c(-c3ccccc3)[nH]2)c1. The summed E-state index contributed by atoms with van der Waals surface area (Å²) in [7, 11) is 3.39. The average molecular weight is 457 g/mol. The highest BCUT2D eigenvalue weighted by Crippen LogP contribution is 2.32. The summed E-state index contributed by atoms with van der Waals surface area (Å²) in [6, 6.07) is 26.9. The van der Waals surface area contributed by atoms with Gasteiger partial charge in [0.05, 0.1) is 17.1 Å². The van der Waals surface area contributed by atoms with Gasteiger partial charge in [-0.3, -0.25) is 9.59 Å². The normalized spacial score (nSPS) is 10.6. The van der Waals surface area contributed by atoms with Crippen LogP contribution in [0.1, 0.15) is 10.4 Å². The van der Waals surface area contributed by atoms with E-state index in [1.807, 2.05) is 60.7 Å². The molecule has 0 aliphatic carbocycles. The first-order chi connectivity index (χ1) is 16.0. The Hall–Kier alpha value is -3.84. The lowest BCUT2D eigenvalue weighted by Gasteiger charge is -2.11. The maximum absolute atomic E-state index is 12.6. The Balaban J connectivity index is 1.49. The second kappa shape index (κ2) is 10.2. The molecule has 166 valence electrons. The van der Waals surface area contributed by atoms with Crippen LogP contribution >= 0.6 is 11.8 Å². The summed E-state index contributed by atoms with van der Waals surface area (Å²) in [5, 5.41) is 3.53. The fourth-order valence-electron chi connectivity index (χ4n) is 3.36. The summed E-state index contributed by atoms with van der Waals surface area (Å²) in [5.41, 5.74) is 4.91. The van der Waals surface area contributed by atoms with Gasteiger partial charge in [0.15, 0.2) is 5.16 Å². The van der Waals surface area contributed by atoms with E-state index < -0.39 is 0 Å². The number of aromatic nitrogens is 2. The highest BCUT2D eigenvalue weighted by atomic mass is 32.2. The number of nitrogens with zero attached hydrogens (tertiary/aromatic N) is 2. The average Bonchev–Trinajstić information content (AvgIpc) is 3.28. The third-order valence-electron chi connectivity index (χ3n) is 4.93. The highest BCUT2D eigenvalue weighted by Gasteiger charge is 2.16. The summed E-state index contributed by atoms with van der Waals surface area (Å²) in [5.74, 6) is -0.103. The molecular weight excluding hydrogens is 432 g/mol. The van der Waals surface area contributed by atoms with Crippen molar-refractivity contribution in [3.05, 3.63) is 90.5 Å². The molecule has 33 heavy (non-hydrogen) atoms. The number of H-pyrrole nitrogens is 1. The molecule has 0 bridgehead atoms. The Labute approximate surface area is 197 Å². The quantitative estimate of drug-likeness (QED) is 0.376. The number of carbonyl (C=O) groups is 2. The number of benzene rings is 3. The lowest BCUT2D eigenvalue weighted by atomic mass is 10.1. The van der Waals surface area contributed by atoms with Gasteiger partial charge in [-0.25, -0.2) is 4.98 Å². The van der Waals surface area contributed by atoms with Crippen molar-refractivity contribution in [1.82, 2.24) is 14.9 Å². The van der Waals surface area contributed by atoms with Crippen molar-refractivity contribution >= 4 is 29.3 Å². The van der Waals surface area contributed by atoms with Gasteiger partial charge in [-0.15, -0.1) is 0 Å². The number of aromatic amines is 1. The minimum Gasteiger partial charge on any atom is -0.345 e. The number of anilines is 1. The molecule has 1 heterocycles. The predicted octanol–water partition coefficient (Wildman–Crippen LogP) is 5.18. The molecule has 0 fully saturated rings. The fraction of sp³-hybridized carbons (Fsp3) is 0.115. The van der Waals surface area contributed by atoms with Gasteiger partial charge in [0.25, 0.3) is 5.91 Å². The molecule has 0 aliphatic rings. The van der Waals surface area contributed by atoms with Crippen LogP contribution in [0.4, 0.5) is 5.69 Å². The van der Waals surface area contributed by atoms with Gasteiger partial charge in [0, 0.05) is 36.5 Å². The molecule has 4 aromatic rings. The van der Waals surface area contributed by atoms with Gasteiger partial charge in [0.1, 0.15) is 0 Å². The second-order valence-electron chi connectivity index (χ2n) is 7.61. The smallest absolute Gasteiger partial charge is 0.253 e. The first-order valence-electron chi connectivity index (χ1n) is 10.5. The fourth-order valence-corrected chi connectivity index (χ4v) is 4.03. The van der Waals surface area contributed by atoms with Crippen LogP contribution in [0.5, 0.6) is 0 Å². The van der Waals surface area contributed by atoms with Crippen LogP contribution in [0.2, 0.25) is 0 Å². The van der Waals surface area contributed by atoms with Gasteiger partial charge in [-0.05, 0) is 18.2 Å². The van der Waals surface area contributed by atoms with Gasteiger partial charge in [-0.2, -0.15) is 0 Å². The Morgan fingerprint density at radius 1 is 0.909 bits per heavy atom. The summed E-state index contributed by atoms with van der Waals surface area (Å²) in [4.78, 5) is 34.4. The Morgan fingerprint density at radius 3 is 2.24 bits per heavy atom. The number of hydrogen-bond acceptors (Lipinski definition) is 4. The van der Waals surface area contributed by atoms with Crippen LogP contribution < -0.4 is 5.32 Å². The first kappa shape index (κ1) is 22.4. The molecule has 7 heteroatoms. The third kappa shape index (κ3) is 5.51. The van der Waals surface area contributed by atoms with Crippen molar-refractivity contribution in [3.63, 3.8) is 0 Å². The summed E-state index contributed by atoms with van der Waals surface area (Å²) >= 11 is 1.33. The topological polar surface area (TPSA) is 78.1 Å². The second-order valence-corrected chi connectivity index (χ2v) is 8.58. The van der Waals surface area contributed by atoms with E-state index in [0.29, 0.717) is 16.4 Å². The van der Waals surface area contributed by atoms with E-state index in [-0.39, 0.29) is 17.6 Å². The van der Waals surface area contributed by atoms with Crippen LogP contribution in [-0.2, 0) is 4.79 Å². The van der Waals surface area contributed by atoms with Crippen LogP contribution in [0.25, 0.3) is 22.5 Å². The number of hydrogen-bond donors (Lipinski definition) is 2. The number of amides is 2. The molecule has 2 N–H and O–H groups in total. The van der Waals surface area contributed by atoms with Crippen molar-refractivity contribution < 1.29 is 9.59 Å².